The van der Waals surface area contributed by atoms with E-state index < -0.39 is 38.6 Å². The Kier molecular flexibility index (Phi) is 11.8. The van der Waals surface area contributed by atoms with Gasteiger partial charge in [-0.1, -0.05) is 12.1 Å². The van der Waals surface area contributed by atoms with Crippen LogP contribution in [0.15, 0.2) is 53.6 Å². The normalized spacial score (nSPS) is 24.2. The standard InChI is InChI=1S/C41H52F4N8O5S/c1-27-23-30(9-11-33(27)47-37-46-24-32(41(43,44)45)35(49-37)53-18-4-13-39(3,56)25-53)59(57,58)50-38(2)14-19-51(20-15-38)26-40(42)16-21-52(22-17-40)29-7-5-28(6-8-29)31-10-12-34(54)48-36(31)55/h5-9,11,23-24,31,50,56H,4,10,12-22,25-26H2,1-3H3,(H,46,47,49)(H,48,54,55)/t31?,39-/m0/s1. The third-order valence-electron chi connectivity index (χ3n) is 12.2. The van der Waals surface area contributed by atoms with Crippen molar-refractivity contribution in [2.45, 2.75) is 106 Å². The number of likely N-dealkylation sites (tertiary alicyclic amines) is 1. The molecule has 7 rings (SSSR count). The molecule has 4 saturated heterocycles. The molecule has 13 nitrogen and oxygen atoms in total. The number of piperidine rings is 4. The van der Waals surface area contributed by atoms with Crippen LogP contribution < -0.4 is 25.2 Å². The van der Waals surface area contributed by atoms with Crippen molar-refractivity contribution in [3.63, 3.8) is 0 Å². The lowest BCUT2D eigenvalue weighted by Crippen LogP contribution is -2.56. The predicted molar refractivity (Wildman–Crippen MR) is 215 cm³/mol. The zero-order valence-electron chi connectivity index (χ0n) is 33.5. The molecule has 59 heavy (non-hydrogen) atoms. The van der Waals surface area contributed by atoms with Crippen LogP contribution in [0.3, 0.4) is 0 Å². The minimum atomic E-state index is -4.71. The molecule has 2 aromatic carbocycles. The summed E-state index contributed by atoms with van der Waals surface area (Å²) in [4.78, 5) is 37.5. The maximum Gasteiger partial charge on any atom is 0.421 e. The van der Waals surface area contributed by atoms with Crippen LogP contribution in [-0.4, -0.2) is 103 Å². The molecule has 0 saturated carbocycles. The van der Waals surface area contributed by atoms with Gasteiger partial charge in [0.1, 0.15) is 17.1 Å². The smallest absolute Gasteiger partial charge is 0.388 e. The number of hydrogen-bond donors (Lipinski definition) is 4. The van der Waals surface area contributed by atoms with Gasteiger partial charge in [-0.2, -0.15) is 18.2 Å². The largest absolute Gasteiger partial charge is 0.421 e. The van der Waals surface area contributed by atoms with E-state index in [9.17, 15) is 36.3 Å². The molecule has 0 spiro atoms. The molecule has 0 bridgehead atoms. The maximum atomic E-state index is 16.2. The van der Waals surface area contributed by atoms with Gasteiger partial charge in [-0.15, -0.1) is 0 Å². The summed E-state index contributed by atoms with van der Waals surface area (Å²) in [6, 6.07) is 12.1. The number of sulfonamides is 1. The monoisotopic (exact) mass is 844 g/mol. The van der Waals surface area contributed by atoms with Crippen LogP contribution >= 0.6 is 0 Å². The lowest BCUT2D eigenvalue weighted by Gasteiger charge is -2.44. The topological polar surface area (TPSA) is 160 Å². The molecule has 1 aromatic heterocycles. The summed E-state index contributed by atoms with van der Waals surface area (Å²) in [7, 11) is -3.98. The number of carbonyl (C=O) groups excluding carboxylic acids is 2. The highest BCUT2D eigenvalue weighted by Gasteiger charge is 2.42. The number of aliphatic hydroxyl groups is 1. The van der Waals surface area contributed by atoms with Gasteiger partial charge in [0.2, 0.25) is 27.8 Å². The lowest BCUT2D eigenvalue weighted by atomic mass is 9.88. The number of halogens is 4. The second kappa shape index (κ2) is 16.2. The van der Waals surface area contributed by atoms with E-state index in [4.69, 9.17) is 0 Å². The summed E-state index contributed by atoms with van der Waals surface area (Å²) < 4.78 is 88.2. The van der Waals surface area contributed by atoms with Gasteiger partial charge in [0, 0.05) is 88.2 Å². The molecule has 5 heterocycles. The fraction of sp³-hybridized carbons (Fsp3) is 0.561. The molecular weight excluding hydrogens is 793 g/mol. The van der Waals surface area contributed by atoms with Crippen LogP contribution in [0, 0.1) is 6.92 Å². The number of aryl methyl sites for hydroxylation is 1. The van der Waals surface area contributed by atoms with E-state index in [1.54, 1.807) is 13.8 Å². The zero-order valence-corrected chi connectivity index (χ0v) is 34.4. The van der Waals surface area contributed by atoms with E-state index in [0.717, 1.165) is 11.3 Å². The number of nitrogens with zero attached hydrogens (tertiary/aromatic N) is 5. The van der Waals surface area contributed by atoms with Crippen molar-refractivity contribution in [3.8, 4) is 0 Å². The van der Waals surface area contributed by atoms with E-state index in [-0.39, 0.29) is 54.0 Å². The average Bonchev–Trinajstić information content (AvgIpc) is 3.16. The molecule has 4 fully saturated rings. The molecule has 4 aliphatic rings. The Morgan fingerprint density at radius 2 is 1.64 bits per heavy atom. The Morgan fingerprint density at radius 1 is 0.949 bits per heavy atom. The third kappa shape index (κ3) is 9.98. The van der Waals surface area contributed by atoms with Gasteiger partial charge in [-0.3, -0.25) is 14.9 Å². The van der Waals surface area contributed by atoms with Crippen molar-refractivity contribution in [3.05, 3.63) is 65.4 Å². The fourth-order valence-electron chi connectivity index (χ4n) is 8.68. The molecule has 320 valence electrons. The van der Waals surface area contributed by atoms with E-state index in [1.165, 1.54) is 23.1 Å². The van der Waals surface area contributed by atoms with E-state index in [2.05, 4.69) is 35.1 Å². The number of alkyl halides is 4. The van der Waals surface area contributed by atoms with Crippen molar-refractivity contribution in [1.82, 2.24) is 24.9 Å². The first-order chi connectivity index (χ1) is 27.7. The second-order valence-corrected chi connectivity index (χ2v) is 18.9. The highest BCUT2D eigenvalue weighted by Crippen LogP contribution is 2.39. The van der Waals surface area contributed by atoms with Gasteiger partial charge >= 0.3 is 6.18 Å². The van der Waals surface area contributed by atoms with Gasteiger partial charge in [0.25, 0.3) is 0 Å². The zero-order chi connectivity index (χ0) is 42.4. The molecular formula is C41H52F4N8O5S. The number of benzene rings is 2. The first-order valence-corrected chi connectivity index (χ1v) is 21.6. The SMILES string of the molecule is Cc1cc(S(=O)(=O)NC2(C)CCN(CC3(F)CCN(c4ccc(C5CCC(=O)NC5=O)cc4)CC3)CC2)ccc1Nc1ncc(C(F)(F)F)c(N2CCC[C@](C)(O)C2)n1. The number of amides is 2. The third-order valence-corrected chi connectivity index (χ3v) is 13.8. The maximum absolute atomic E-state index is 16.2. The summed E-state index contributed by atoms with van der Waals surface area (Å²) in [6.45, 7) is 7.73. The van der Waals surface area contributed by atoms with Crippen LogP contribution in [0.1, 0.15) is 87.8 Å². The van der Waals surface area contributed by atoms with E-state index in [0.29, 0.717) is 95.0 Å². The first kappa shape index (κ1) is 42.7. The van der Waals surface area contributed by atoms with Crippen LogP contribution in [0.4, 0.5) is 40.7 Å². The van der Waals surface area contributed by atoms with Gasteiger partial charge in [-0.05, 0) is 94.3 Å². The number of hydrogen-bond acceptors (Lipinski definition) is 11. The Morgan fingerprint density at radius 3 is 2.27 bits per heavy atom. The summed E-state index contributed by atoms with van der Waals surface area (Å²) in [5.74, 6) is -1.33. The average molecular weight is 845 g/mol. The Balaban J connectivity index is 0.919. The molecule has 2 atom stereocenters. The van der Waals surface area contributed by atoms with Crippen LogP contribution in [0.5, 0.6) is 0 Å². The van der Waals surface area contributed by atoms with Crippen molar-refractivity contribution in [2.75, 3.05) is 60.9 Å². The van der Waals surface area contributed by atoms with Gasteiger partial charge in [0.15, 0.2) is 0 Å². The minimum absolute atomic E-state index is 0.0212. The van der Waals surface area contributed by atoms with Crippen LogP contribution in [0.25, 0.3) is 0 Å². The predicted octanol–water partition coefficient (Wildman–Crippen LogP) is 5.56. The number of rotatable bonds is 10. The number of carbonyl (C=O) groups is 2. The van der Waals surface area contributed by atoms with Crippen LogP contribution in [0.2, 0.25) is 0 Å². The fourth-order valence-corrected chi connectivity index (χ4v) is 10.2. The number of anilines is 4. The van der Waals surface area contributed by atoms with Crippen molar-refractivity contribution in [1.29, 1.82) is 0 Å². The number of β-amino-alcohol motifs (C(OH)–C–C–N with tert-alkyl or cyclic N) is 1. The quantitative estimate of drug-likeness (QED) is 0.150. The number of aromatic nitrogens is 2. The van der Waals surface area contributed by atoms with Crippen LogP contribution in [-0.2, 0) is 25.8 Å². The number of imide groups is 1. The highest BCUT2D eigenvalue weighted by molar-refractivity contribution is 7.89. The second-order valence-electron chi connectivity index (χ2n) is 17.2. The number of nitrogens with one attached hydrogen (secondary N) is 3. The van der Waals surface area contributed by atoms with Gasteiger partial charge in [0.05, 0.1) is 16.4 Å². The molecule has 3 aromatic rings. The first-order valence-electron chi connectivity index (χ1n) is 20.1. The van der Waals surface area contributed by atoms with Gasteiger partial charge in [-0.25, -0.2) is 22.5 Å². The molecule has 0 radical (unpaired) electrons. The molecule has 4 aliphatic heterocycles. The minimum Gasteiger partial charge on any atom is -0.388 e. The molecule has 2 amide bonds. The molecule has 18 heteroatoms. The summed E-state index contributed by atoms with van der Waals surface area (Å²) in [6.07, 6.45) is -0.605. The molecule has 4 N–H and O–H groups in total. The summed E-state index contributed by atoms with van der Waals surface area (Å²) >= 11 is 0. The molecule has 1 unspecified atom stereocenters. The molecule has 0 aliphatic carbocycles. The van der Waals surface area contributed by atoms with Gasteiger partial charge < -0.3 is 25.1 Å². The van der Waals surface area contributed by atoms with Crippen molar-refractivity contribution >= 4 is 45.0 Å². The summed E-state index contributed by atoms with van der Waals surface area (Å²) in [5.41, 5.74) is -1.61. The Hall–Kier alpha value is -4.39. The highest BCUT2D eigenvalue weighted by atomic mass is 32.2. The van der Waals surface area contributed by atoms with Crippen molar-refractivity contribution < 1.29 is 40.7 Å². The summed E-state index contributed by atoms with van der Waals surface area (Å²) in [5, 5.41) is 15.9. The van der Waals surface area contributed by atoms with E-state index in [1.807, 2.05) is 31.2 Å². The Labute approximate surface area is 342 Å². The van der Waals surface area contributed by atoms with E-state index >= 15 is 4.39 Å². The lowest BCUT2D eigenvalue weighted by molar-refractivity contribution is -0.138. The Bertz CT molecular complexity index is 2150. The van der Waals surface area contributed by atoms with Crippen molar-refractivity contribution in [2.24, 2.45) is 0 Å².